The molecular formula is C4H6N4O3. The number of aliphatic hydroxyl groups is 1. The van der Waals surface area contributed by atoms with E-state index in [0.717, 1.165) is 0 Å². The molecule has 1 N–H and O–H groups in total. The molecule has 1 rings (SSSR count). The molecule has 0 unspecified atom stereocenters. The summed E-state index contributed by atoms with van der Waals surface area (Å²) in [6, 6.07) is 0. The van der Waals surface area contributed by atoms with Crippen molar-refractivity contribution >= 4 is 5.97 Å². The molecule has 60 valence electrons. The van der Waals surface area contributed by atoms with E-state index in [2.05, 4.69) is 20.2 Å². The summed E-state index contributed by atoms with van der Waals surface area (Å²) in [7, 11) is 0. The minimum atomic E-state index is -0.549. The van der Waals surface area contributed by atoms with Crippen LogP contribution in [-0.4, -0.2) is 31.4 Å². The molecule has 0 aromatic carbocycles. The molecule has 1 aromatic heterocycles. The molecular weight excluding hydrogens is 152 g/mol. The van der Waals surface area contributed by atoms with E-state index < -0.39 is 5.97 Å². The highest BCUT2D eigenvalue weighted by Crippen LogP contribution is 1.82. The van der Waals surface area contributed by atoms with E-state index in [1.54, 1.807) is 0 Å². The van der Waals surface area contributed by atoms with Gasteiger partial charge in [-0.2, -0.15) is 0 Å². The molecule has 0 aliphatic heterocycles. The number of tetrazole rings is 1. The number of hydrogen-bond acceptors (Lipinski definition) is 6. The molecule has 0 amide bonds. The summed E-state index contributed by atoms with van der Waals surface area (Å²) in [4.78, 5) is 15.3. The van der Waals surface area contributed by atoms with E-state index in [9.17, 15) is 4.79 Å². The van der Waals surface area contributed by atoms with Crippen LogP contribution in [0.3, 0.4) is 0 Å². The maximum atomic E-state index is 10.3. The summed E-state index contributed by atoms with van der Waals surface area (Å²) in [5.74, 6) is -0.446. The number of rotatable bonds is 2. The maximum Gasteiger partial charge on any atom is 0.333 e. The second-order valence-electron chi connectivity index (χ2n) is 1.70. The van der Waals surface area contributed by atoms with Gasteiger partial charge in [0.2, 0.25) is 5.82 Å². The van der Waals surface area contributed by atoms with Gasteiger partial charge in [0, 0.05) is 11.9 Å². The van der Waals surface area contributed by atoms with Gasteiger partial charge >= 0.3 is 5.97 Å². The van der Waals surface area contributed by atoms with Gasteiger partial charge < -0.3 is 9.94 Å². The van der Waals surface area contributed by atoms with Gasteiger partial charge in [-0.05, 0) is 5.21 Å². The normalized spacial score (nSPS) is 9.64. The molecule has 1 aromatic rings. The summed E-state index contributed by atoms with van der Waals surface area (Å²) in [6.45, 7) is 0.878. The summed E-state index contributed by atoms with van der Waals surface area (Å²) in [5.41, 5.74) is 0. The summed E-state index contributed by atoms with van der Waals surface area (Å²) < 4.78 is 0. The molecule has 0 radical (unpaired) electrons. The van der Waals surface area contributed by atoms with Gasteiger partial charge in [0.25, 0.3) is 0 Å². The molecule has 0 aliphatic rings. The Labute approximate surface area is 61.5 Å². The molecule has 0 saturated heterocycles. The Kier molecular flexibility index (Phi) is 2.12. The van der Waals surface area contributed by atoms with Crippen LogP contribution in [0.5, 0.6) is 0 Å². The Hall–Kier alpha value is -1.50. The van der Waals surface area contributed by atoms with Crippen LogP contribution in [0.15, 0.2) is 0 Å². The summed E-state index contributed by atoms with van der Waals surface area (Å²) >= 11 is 0. The highest BCUT2D eigenvalue weighted by atomic mass is 16.7. The van der Waals surface area contributed by atoms with Gasteiger partial charge in [-0.1, -0.05) is 5.10 Å². The summed E-state index contributed by atoms with van der Waals surface area (Å²) in [5, 5.41) is 18.6. The fourth-order valence-corrected chi connectivity index (χ4v) is 0.446. The molecule has 7 nitrogen and oxygen atoms in total. The highest BCUT2D eigenvalue weighted by Gasteiger charge is 2.02. The Morgan fingerprint density at radius 3 is 3.00 bits per heavy atom. The standard InChI is InChI=1S/C4H6N4O3/c1-3(10)11-8-6-4(2-9)5-7-8/h9H,2H2,1H3. The lowest BCUT2D eigenvalue weighted by molar-refractivity contribution is -0.145. The Bertz CT molecular complexity index is 258. The van der Waals surface area contributed by atoms with E-state index in [1.807, 2.05) is 0 Å². The predicted octanol–water partition coefficient (Wildman–Crippen LogP) is -1.86. The third-order valence-electron chi connectivity index (χ3n) is 0.789. The van der Waals surface area contributed by atoms with Gasteiger partial charge in [-0.25, -0.2) is 4.79 Å². The first-order chi connectivity index (χ1) is 5.22. The van der Waals surface area contributed by atoms with Crippen molar-refractivity contribution < 1.29 is 14.7 Å². The quantitative estimate of drug-likeness (QED) is 0.507. The van der Waals surface area contributed by atoms with Crippen LogP contribution >= 0.6 is 0 Å². The van der Waals surface area contributed by atoms with Crippen molar-refractivity contribution in [1.82, 2.24) is 20.4 Å². The van der Waals surface area contributed by atoms with E-state index in [0.29, 0.717) is 4.96 Å². The van der Waals surface area contributed by atoms with Crippen molar-refractivity contribution in [2.45, 2.75) is 13.5 Å². The van der Waals surface area contributed by atoms with Crippen LogP contribution in [-0.2, 0) is 11.4 Å². The second kappa shape index (κ2) is 3.06. The fraction of sp³-hybridized carbons (Fsp3) is 0.500. The number of aliphatic hydroxyl groups excluding tert-OH is 1. The van der Waals surface area contributed by atoms with E-state index in [1.165, 1.54) is 6.92 Å². The SMILES string of the molecule is CC(=O)On1nnc(CO)n1. The Balaban J connectivity index is 2.65. The first kappa shape index (κ1) is 7.61. The number of hydrogen-bond donors (Lipinski definition) is 1. The lowest BCUT2D eigenvalue weighted by atomic mass is 10.7. The average molecular weight is 158 g/mol. The van der Waals surface area contributed by atoms with Gasteiger partial charge in [0.1, 0.15) is 6.61 Å². The van der Waals surface area contributed by atoms with Crippen molar-refractivity contribution in [2.24, 2.45) is 0 Å². The monoisotopic (exact) mass is 158 g/mol. The zero-order valence-electron chi connectivity index (χ0n) is 5.76. The van der Waals surface area contributed by atoms with Gasteiger partial charge in [0.05, 0.1) is 0 Å². The fourth-order valence-electron chi connectivity index (χ4n) is 0.446. The Morgan fingerprint density at radius 2 is 2.55 bits per heavy atom. The molecule has 0 atom stereocenters. The molecule has 11 heavy (non-hydrogen) atoms. The lowest BCUT2D eigenvalue weighted by Crippen LogP contribution is -2.19. The molecule has 0 spiro atoms. The van der Waals surface area contributed by atoms with Crippen molar-refractivity contribution in [1.29, 1.82) is 0 Å². The molecule has 0 aliphatic carbocycles. The highest BCUT2D eigenvalue weighted by molar-refractivity contribution is 5.65. The number of carbonyl (C=O) groups is 1. The van der Waals surface area contributed by atoms with Crippen LogP contribution < -0.4 is 4.84 Å². The minimum Gasteiger partial charge on any atom is -0.388 e. The van der Waals surface area contributed by atoms with Crippen molar-refractivity contribution in [3.63, 3.8) is 0 Å². The largest absolute Gasteiger partial charge is 0.388 e. The van der Waals surface area contributed by atoms with Crippen LogP contribution in [0.2, 0.25) is 0 Å². The van der Waals surface area contributed by atoms with Crippen LogP contribution in [0, 0.1) is 0 Å². The molecule has 0 fully saturated rings. The van der Waals surface area contributed by atoms with Crippen LogP contribution in [0.4, 0.5) is 0 Å². The predicted molar refractivity (Wildman–Crippen MR) is 31.0 cm³/mol. The van der Waals surface area contributed by atoms with E-state index in [4.69, 9.17) is 5.11 Å². The Morgan fingerprint density at radius 1 is 1.82 bits per heavy atom. The second-order valence-corrected chi connectivity index (χ2v) is 1.70. The van der Waals surface area contributed by atoms with E-state index in [-0.39, 0.29) is 12.4 Å². The number of aromatic nitrogens is 4. The topological polar surface area (TPSA) is 90.1 Å². The zero-order valence-corrected chi connectivity index (χ0v) is 5.76. The molecule has 7 heteroatoms. The smallest absolute Gasteiger partial charge is 0.333 e. The molecule has 0 saturated carbocycles. The third kappa shape index (κ3) is 1.97. The maximum absolute atomic E-state index is 10.3. The van der Waals surface area contributed by atoms with Crippen LogP contribution in [0.25, 0.3) is 0 Å². The zero-order chi connectivity index (χ0) is 8.27. The van der Waals surface area contributed by atoms with Gasteiger partial charge in [0.15, 0.2) is 0 Å². The number of nitrogens with zero attached hydrogens (tertiary/aromatic N) is 4. The first-order valence-corrected chi connectivity index (χ1v) is 2.81. The minimum absolute atomic E-state index is 0.103. The molecule has 1 heterocycles. The number of carbonyl (C=O) groups excluding carboxylic acids is 1. The molecule has 0 bridgehead atoms. The third-order valence-corrected chi connectivity index (χ3v) is 0.789. The summed E-state index contributed by atoms with van der Waals surface area (Å²) in [6.07, 6.45) is 0. The van der Waals surface area contributed by atoms with Crippen molar-refractivity contribution in [3.05, 3.63) is 5.82 Å². The van der Waals surface area contributed by atoms with Crippen molar-refractivity contribution in [3.8, 4) is 0 Å². The van der Waals surface area contributed by atoms with Crippen LogP contribution in [0.1, 0.15) is 12.7 Å². The van der Waals surface area contributed by atoms with Gasteiger partial charge in [-0.3, -0.25) is 0 Å². The van der Waals surface area contributed by atoms with E-state index >= 15 is 0 Å². The lowest BCUT2D eigenvalue weighted by Gasteiger charge is -1.91. The van der Waals surface area contributed by atoms with Crippen molar-refractivity contribution in [2.75, 3.05) is 0 Å². The average Bonchev–Trinajstić information content (AvgIpc) is 2.34. The first-order valence-electron chi connectivity index (χ1n) is 2.81. The van der Waals surface area contributed by atoms with Gasteiger partial charge in [-0.15, -0.1) is 5.10 Å².